The number of rotatable bonds is 6. The van der Waals surface area contributed by atoms with Gasteiger partial charge in [0.15, 0.2) is 23.0 Å². The summed E-state index contributed by atoms with van der Waals surface area (Å²) in [4.78, 5) is 71.4. The van der Waals surface area contributed by atoms with Gasteiger partial charge in [0.25, 0.3) is 5.91 Å². The molecule has 52 heavy (non-hydrogen) atoms. The number of aryl methyl sites for hydroxylation is 1. The van der Waals surface area contributed by atoms with Crippen molar-refractivity contribution in [2.75, 3.05) is 33.9 Å². The lowest BCUT2D eigenvalue weighted by molar-refractivity contribution is -0.133. The molecule has 4 heterocycles. The fourth-order valence-electron chi connectivity index (χ4n) is 5.56. The molecule has 0 fully saturated rings. The van der Waals surface area contributed by atoms with Crippen LogP contribution < -0.4 is 35.5 Å². The van der Waals surface area contributed by atoms with E-state index in [9.17, 15) is 24.0 Å². The maximum atomic E-state index is 13.3. The number of carbonyl (C=O) groups is 5. The van der Waals surface area contributed by atoms with Crippen molar-refractivity contribution in [3.63, 3.8) is 0 Å². The highest BCUT2D eigenvalue weighted by molar-refractivity contribution is 5.95. The van der Waals surface area contributed by atoms with Crippen molar-refractivity contribution < 1.29 is 38.2 Å². The van der Waals surface area contributed by atoms with E-state index in [2.05, 4.69) is 26.3 Å². The molecular weight excluding hydrogens is 668 g/mol. The van der Waals surface area contributed by atoms with Crippen LogP contribution in [0.1, 0.15) is 61.5 Å². The van der Waals surface area contributed by atoms with Crippen LogP contribution in [-0.2, 0) is 32.1 Å². The van der Waals surface area contributed by atoms with Crippen LogP contribution in [0.5, 0.6) is 23.0 Å². The van der Waals surface area contributed by atoms with Crippen molar-refractivity contribution in [1.29, 1.82) is 0 Å². The average Bonchev–Trinajstić information content (AvgIpc) is 3.14. The van der Waals surface area contributed by atoms with Crippen molar-refractivity contribution in [1.82, 2.24) is 31.2 Å². The number of nitrogens with zero attached hydrogens (tertiary/aromatic N) is 2. The number of fused-ring (bicyclic) bond motifs is 2. The van der Waals surface area contributed by atoms with E-state index < -0.39 is 18.0 Å². The molecular formula is C38H48N6O8. The molecule has 3 aliphatic heterocycles. The number of nitrogens with one attached hydrogen (secondary N) is 4. The zero-order valence-electron chi connectivity index (χ0n) is 30.3. The smallest absolute Gasteiger partial charge is 0.251 e. The lowest BCUT2D eigenvalue weighted by Gasteiger charge is -2.25. The first-order valence-corrected chi connectivity index (χ1v) is 17.3. The standard InChI is InChI=1S/C38H48N6O8/c1-24(2)35-38(49)41-23-27-10-13-29(31(20-27)50-4)52-30-14-12-28(21-32(30)51-5)37(48)40-17-19-44(34(46)15-11-26-8-6-16-39-22-26)18-7-9-33(45)42-25(3)36(47)43-35/h6,8,10,12-14,16,20-22,24-25,35H,7,9,11,15,17-19,23H2,1-5H3,(H,40,48)(H,41,49)(H,42,45)(H,43,47)/t25-,35+/m1/s1. The van der Waals surface area contributed by atoms with Gasteiger partial charge in [0.2, 0.25) is 23.6 Å². The third-order valence-corrected chi connectivity index (χ3v) is 8.56. The van der Waals surface area contributed by atoms with Crippen molar-refractivity contribution in [3.8, 4) is 23.0 Å². The van der Waals surface area contributed by atoms with Gasteiger partial charge in [-0.15, -0.1) is 0 Å². The van der Waals surface area contributed by atoms with Crippen LogP contribution in [0.4, 0.5) is 0 Å². The number of aromatic nitrogens is 1. The Bertz CT molecular complexity index is 1720. The van der Waals surface area contributed by atoms with Gasteiger partial charge in [0.1, 0.15) is 12.1 Å². The molecule has 0 saturated carbocycles. The van der Waals surface area contributed by atoms with E-state index in [4.69, 9.17) is 14.2 Å². The van der Waals surface area contributed by atoms with E-state index in [0.29, 0.717) is 41.4 Å². The molecule has 0 radical (unpaired) electrons. The monoisotopic (exact) mass is 716 g/mol. The molecule has 3 aromatic rings. The topological polar surface area (TPSA) is 177 Å². The molecule has 14 nitrogen and oxygen atoms in total. The number of pyridine rings is 1. The summed E-state index contributed by atoms with van der Waals surface area (Å²) in [5.41, 5.74) is 1.97. The zero-order chi connectivity index (χ0) is 37.6. The first kappa shape index (κ1) is 39.1. The Kier molecular flexibility index (Phi) is 14.4. The number of hydrogen-bond donors (Lipinski definition) is 4. The highest BCUT2D eigenvalue weighted by Crippen LogP contribution is 2.37. The normalized spacial score (nSPS) is 18.2. The number of amides is 5. The number of carbonyl (C=O) groups excluding carboxylic acids is 5. The third-order valence-electron chi connectivity index (χ3n) is 8.56. The molecule has 14 heteroatoms. The van der Waals surface area contributed by atoms with Gasteiger partial charge in [0.05, 0.1) is 14.2 Å². The van der Waals surface area contributed by atoms with Crippen LogP contribution in [0.25, 0.3) is 0 Å². The minimum absolute atomic E-state index is 0.0565. The molecule has 0 saturated heterocycles. The van der Waals surface area contributed by atoms with Crippen LogP contribution >= 0.6 is 0 Å². The summed E-state index contributed by atoms with van der Waals surface area (Å²) in [5.74, 6) is -0.563. The van der Waals surface area contributed by atoms with Gasteiger partial charge in [-0.25, -0.2) is 0 Å². The molecule has 4 N–H and O–H groups in total. The SMILES string of the molecule is COc1cc2ccc1Oc1ccc(cc1OC)C(=O)NCCN(C(=O)CCc1cccnc1)CCCC(=O)N[C@H](C)C(=O)N[C@@H](C(C)C)C(=O)NC2. The van der Waals surface area contributed by atoms with Crippen molar-refractivity contribution in [2.45, 2.75) is 65.1 Å². The summed E-state index contributed by atoms with van der Waals surface area (Å²) in [5, 5.41) is 11.2. The van der Waals surface area contributed by atoms with Crippen LogP contribution in [0.15, 0.2) is 60.9 Å². The largest absolute Gasteiger partial charge is 0.493 e. The van der Waals surface area contributed by atoms with Crippen LogP contribution in [0.3, 0.4) is 0 Å². The molecule has 6 rings (SSSR count). The van der Waals surface area contributed by atoms with Gasteiger partial charge in [-0.2, -0.15) is 0 Å². The van der Waals surface area contributed by atoms with Crippen LogP contribution in [0, 0.1) is 5.92 Å². The summed E-state index contributed by atoms with van der Waals surface area (Å²) >= 11 is 0. The highest BCUT2D eigenvalue weighted by Gasteiger charge is 2.27. The molecule has 2 atom stereocenters. The van der Waals surface area contributed by atoms with Gasteiger partial charge in [-0.3, -0.25) is 29.0 Å². The fourth-order valence-corrected chi connectivity index (χ4v) is 5.56. The van der Waals surface area contributed by atoms with E-state index >= 15 is 0 Å². The zero-order valence-corrected chi connectivity index (χ0v) is 30.3. The third kappa shape index (κ3) is 11.2. The number of hydrogen-bond acceptors (Lipinski definition) is 9. The van der Waals surface area contributed by atoms with Crippen LogP contribution in [-0.4, -0.2) is 85.4 Å². The Morgan fingerprint density at radius 1 is 0.942 bits per heavy atom. The van der Waals surface area contributed by atoms with E-state index in [1.54, 1.807) is 60.6 Å². The maximum Gasteiger partial charge on any atom is 0.251 e. The predicted molar refractivity (Wildman–Crippen MR) is 193 cm³/mol. The second-order valence-electron chi connectivity index (χ2n) is 12.8. The first-order chi connectivity index (χ1) is 25.0. The Labute approximate surface area is 304 Å². The Hall–Kier alpha value is -5.66. The van der Waals surface area contributed by atoms with Crippen molar-refractivity contribution in [3.05, 3.63) is 77.6 Å². The summed E-state index contributed by atoms with van der Waals surface area (Å²) < 4.78 is 17.2. The lowest BCUT2D eigenvalue weighted by Crippen LogP contribution is -2.54. The van der Waals surface area contributed by atoms with E-state index in [1.165, 1.54) is 14.2 Å². The molecule has 278 valence electrons. The first-order valence-electron chi connectivity index (χ1n) is 17.3. The quantitative estimate of drug-likeness (QED) is 0.299. The lowest BCUT2D eigenvalue weighted by atomic mass is 10.0. The van der Waals surface area contributed by atoms with Gasteiger partial charge in [-0.1, -0.05) is 26.0 Å². The number of benzene rings is 2. The van der Waals surface area contributed by atoms with E-state index in [1.807, 2.05) is 26.0 Å². The fraction of sp³-hybridized carbons (Fsp3) is 0.421. The maximum absolute atomic E-state index is 13.3. The molecule has 0 spiro atoms. The Balaban J connectivity index is 1.57. The molecule has 2 aromatic carbocycles. The summed E-state index contributed by atoms with van der Waals surface area (Å²) in [7, 11) is 2.96. The van der Waals surface area contributed by atoms with E-state index in [-0.39, 0.29) is 68.6 Å². The average molecular weight is 717 g/mol. The van der Waals surface area contributed by atoms with Crippen LogP contribution in [0.2, 0.25) is 0 Å². The van der Waals surface area contributed by atoms with E-state index in [0.717, 1.165) is 11.1 Å². The second-order valence-corrected chi connectivity index (χ2v) is 12.8. The minimum atomic E-state index is -0.906. The van der Waals surface area contributed by atoms with Crippen molar-refractivity contribution >= 4 is 29.5 Å². The number of methoxy groups -OCH3 is 2. The molecule has 3 aliphatic rings. The predicted octanol–water partition coefficient (Wildman–Crippen LogP) is 3.14. The van der Waals surface area contributed by atoms with Gasteiger partial charge >= 0.3 is 0 Å². The summed E-state index contributed by atoms with van der Waals surface area (Å²) in [6.45, 7) is 5.97. The molecule has 1 aromatic heterocycles. The minimum Gasteiger partial charge on any atom is -0.493 e. The summed E-state index contributed by atoms with van der Waals surface area (Å²) in [6, 6.07) is 11.9. The van der Waals surface area contributed by atoms with Crippen molar-refractivity contribution in [2.24, 2.45) is 5.92 Å². The molecule has 5 amide bonds. The van der Waals surface area contributed by atoms with Gasteiger partial charge < -0.3 is 40.4 Å². The second kappa shape index (κ2) is 19.1. The molecule has 0 unspecified atom stereocenters. The Morgan fingerprint density at radius 2 is 1.67 bits per heavy atom. The van der Waals surface area contributed by atoms with Gasteiger partial charge in [-0.05, 0) is 73.2 Å². The Morgan fingerprint density at radius 3 is 2.37 bits per heavy atom. The summed E-state index contributed by atoms with van der Waals surface area (Å²) in [6.07, 6.45) is 4.47. The molecule has 0 aliphatic carbocycles. The van der Waals surface area contributed by atoms with Gasteiger partial charge in [0, 0.05) is 57.0 Å². The number of ether oxygens (including phenoxy) is 3. The highest BCUT2D eigenvalue weighted by atomic mass is 16.5. The molecule has 4 bridgehead atoms.